The number of oxime groups is 1. The molecule has 5 heteroatoms. The number of hydrogen-bond acceptors (Lipinski definition) is 4. The second-order valence-electron chi connectivity index (χ2n) is 3.56. The van der Waals surface area contributed by atoms with E-state index in [1.54, 1.807) is 18.2 Å². The SMILES string of the molecule is COc1cccc2c1C(C(=O)O)C/C2=N/O. The Bertz CT molecular complexity index is 467. The third-order valence-electron chi connectivity index (χ3n) is 2.76. The predicted octanol–water partition coefficient (Wildman–Crippen LogP) is 1.45. The molecule has 2 N–H and O–H groups in total. The number of hydrogen-bond donors (Lipinski definition) is 2. The van der Waals surface area contributed by atoms with Crippen molar-refractivity contribution in [3.63, 3.8) is 0 Å². The summed E-state index contributed by atoms with van der Waals surface area (Å²) in [6.07, 6.45) is 0.196. The first kappa shape index (κ1) is 10.5. The summed E-state index contributed by atoms with van der Waals surface area (Å²) < 4.78 is 5.13. The Hall–Kier alpha value is -2.04. The first-order valence-electron chi connectivity index (χ1n) is 4.80. The average molecular weight is 221 g/mol. The topological polar surface area (TPSA) is 79.1 Å². The highest BCUT2D eigenvalue weighted by Crippen LogP contribution is 2.39. The molecule has 0 radical (unpaired) electrons. The van der Waals surface area contributed by atoms with Gasteiger partial charge in [0.05, 0.1) is 18.7 Å². The first-order valence-corrected chi connectivity index (χ1v) is 4.80. The Morgan fingerprint density at radius 2 is 2.31 bits per heavy atom. The van der Waals surface area contributed by atoms with Crippen molar-refractivity contribution in [3.8, 4) is 5.75 Å². The number of aliphatic carboxylic acids is 1. The molecule has 1 unspecified atom stereocenters. The molecule has 16 heavy (non-hydrogen) atoms. The van der Waals surface area contributed by atoms with E-state index >= 15 is 0 Å². The Morgan fingerprint density at radius 3 is 2.88 bits per heavy atom. The maximum Gasteiger partial charge on any atom is 0.311 e. The summed E-state index contributed by atoms with van der Waals surface area (Å²) in [4.78, 5) is 11.1. The van der Waals surface area contributed by atoms with E-state index in [1.807, 2.05) is 0 Å². The molecule has 1 aromatic rings. The van der Waals surface area contributed by atoms with Crippen LogP contribution in [0.25, 0.3) is 0 Å². The van der Waals surface area contributed by atoms with Gasteiger partial charge < -0.3 is 15.1 Å². The molecule has 2 rings (SSSR count). The number of ether oxygens (including phenoxy) is 1. The molecule has 5 nitrogen and oxygen atoms in total. The van der Waals surface area contributed by atoms with E-state index in [2.05, 4.69) is 5.16 Å². The van der Waals surface area contributed by atoms with Gasteiger partial charge in [0.15, 0.2) is 0 Å². The number of benzene rings is 1. The van der Waals surface area contributed by atoms with Crippen LogP contribution in [0.4, 0.5) is 0 Å². The molecule has 1 aliphatic carbocycles. The van der Waals surface area contributed by atoms with Crippen molar-refractivity contribution in [3.05, 3.63) is 29.3 Å². The summed E-state index contributed by atoms with van der Waals surface area (Å²) in [7, 11) is 1.49. The second-order valence-corrected chi connectivity index (χ2v) is 3.56. The van der Waals surface area contributed by atoms with Crippen molar-refractivity contribution in [1.82, 2.24) is 0 Å². The Balaban J connectivity index is 2.63. The molecule has 0 saturated carbocycles. The van der Waals surface area contributed by atoms with Gasteiger partial charge in [0, 0.05) is 17.5 Å². The van der Waals surface area contributed by atoms with Gasteiger partial charge in [-0.2, -0.15) is 0 Å². The fourth-order valence-corrected chi connectivity index (χ4v) is 2.04. The Labute approximate surface area is 92.0 Å². The van der Waals surface area contributed by atoms with Crippen LogP contribution in [0.1, 0.15) is 23.5 Å². The fourth-order valence-electron chi connectivity index (χ4n) is 2.04. The molecule has 1 aliphatic rings. The minimum atomic E-state index is -0.940. The van der Waals surface area contributed by atoms with Crippen LogP contribution < -0.4 is 4.74 Å². The molecule has 1 aromatic carbocycles. The third kappa shape index (κ3) is 1.41. The zero-order valence-electron chi connectivity index (χ0n) is 8.67. The van der Waals surface area contributed by atoms with Gasteiger partial charge in [0.1, 0.15) is 5.75 Å². The van der Waals surface area contributed by atoms with E-state index in [4.69, 9.17) is 15.1 Å². The van der Waals surface area contributed by atoms with E-state index in [0.29, 0.717) is 22.6 Å². The van der Waals surface area contributed by atoms with E-state index in [-0.39, 0.29) is 6.42 Å². The maximum absolute atomic E-state index is 11.1. The van der Waals surface area contributed by atoms with Crippen LogP contribution in [0, 0.1) is 0 Å². The Kier molecular flexibility index (Phi) is 2.52. The van der Waals surface area contributed by atoms with Crippen molar-refractivity contribution in [1.29, 1.82) is 0 Å². The Morgan fingerprint density at radius 1 is 1.56 bits per heavy atom. The summed E-state index contributed by atoms with van der Waals surface area (Å²) in [5, 5.41) is 21.1. The normalized spacial score (nSPS) is 20.8. The van der Waals surface area contributed by atoms with Gasteiger partial charge >= 0.3 is 5.97 Å². The number of fused-ring (bicyclic) bond motifs is 1. The molecular formula is C11H11NO4. The van der Waals surface area contributed by atoms with Crippen molar-refractivity contribution < 1.29 is 19.8 Å². The summed E-state index contributed by atoms with van der Waals surface area (Å²) in [6, 6.07) is 5.18. The van der Waals surface area contributed by atoms with Gasteiger partial charge in [-0.1, -0.05) is 17.3 Å². The monoisotopic (exact) mass is 221 g/mol. The predicted molar refractivity (Wildman–Crippen MR) is 56.3 cm³/mol. The summed E-state index contributed by atoms with van der Waals surface area (Å²) in [5.41, 5.74) is 1.63. The van der Waals surface area contributed by atoms with Crippen LogP contribution in [0.3, 0.4) is 0 Å². The standard InChI is InChI=1S/C11H11NO4/c1-16-9-4-2-3-6-8(12-15)5-7(10(6)9)11(13)14/h2-4,7,15H,5H2,1H3,(H,13,14)/b12-8-. The maximum atomic E-state index is 11.1. The minimum Gasteiger partial charge on any atom is -0.496 e. The first-order chi connectivity index (χ1) is 7.69. The summed E-state index contributed by atoms with van der Waals surface area (Å²) >= 11 is 0. The molecule has 0 fully saturated rings. The van der Waals surface area contributed by atoms with E-state index in [1.165, 1.54) is 7.11 Å². The van der Waals surface area contributed by atoms with E-state index in [0.717, 1.165) is 0 Å². The van der Waals surface area contributed by atoms with Gasteiger partial charge in [-0.25, -0.2) is 0 Å². The molecule has 84 valence electrons. The van der Waals surface area contributed by atoms with E-state index in [9.17, 15) is 4.79 Å². The molecule has 0 aromatic heterocycles. The van der Waals surface area contributed by atoms with E-state index < -0.39 is 11.9 Å². The minimum absolute atomic E-state index is 0.196. The van der Waals surface area contributed by atoms with Gasteiger partial charge in [-0.3, -0.25) is 4.79 Å². The summed E-state index contributed by atoms with van der Waals surface area (Å²) in [5.74, 6) is -1.12. The molecular weight excluding hydrogens is 210 g/mol. The highest BCUT2D eigenvalue weighted by atomic mass is 16.5. The summed E-state index contributed by atoms with van der Waals surface area (Å²) in [6.45, 7) is 0. The van der Waals surface area contributed by atoms with Crippen LogP contribution in [0.2, 0.25) is 0 Å². The van der Waals surface area contributed by atoms with Gasteiger partial charge in [-0.05, 0) is 6.07 Å². The van der Waals surface area contributed by atoms with Gasteiger partial charge in [0.2, 0.25) is 0 Å². The van der Waals surface area contributed by atoms with Crippen molar-refractivity contribution in [2.45, 2.75) is 12.3 Å². The lowest BCUT2D eigenvalue weighted by Crippen LogP contribution is -2.09. The zero-order valence-corrected chi connectivity index (χ0v) is 8.67. The molecule has 1 atom stereocenters. The van der Waals surface area contributed by atoms with Gasteiger partial charge in [-0.15, -0.1) is 0 Å². The van der Waals surface area contributed by atoms with Crippen LogP contribution in [0.5, 0.6) is 5.75 Å². The number of nitrogens with zero attached hydrogens (tertiary/aromatic N) is 1. The molecule has 0 bridgehead atoms. The number of methoxy groups -OCH3 is 1. The van der Waals surface area contributed by atoms with Crippen molar-refractivity contribution in [2.24, 2.45) is 5.16 Å². The second kappa shape index (κ2) is 3.84. The highest BCUT2D eigenvalue weighted by Gasteiger charge is 2.35. The van der Waals surface area contributed by atoms with Crippen LogP contribution >= 0.6 is 0 Å². The van der Waals surface area contributed by atoms with Crippen LogP contribution in [-0.2, 0) is 4.79 Å². The molecule has 0 aliphatic heterocycles. The quantitative estimate of drug-likeness (QED) is 0.585. The molecule has 0 spiro atoms. The number of carbonyl (C=O) groups is 1. The largest absolute Gasteiger partial charge is 0.496 e. The lowest BCUT2D eigenvalue weighted by Gasteiger charge is -2.10. The lowest BCUT2D eigenvalue weighted by molar-refractivity contribution is -0.138. The number of carboxylic acids is 1. The molecule has 0 heterocycles. The fraction of sp³-hybridized carbons (Fsp3) is 0.273. The third-order valence-corrected chi connectivity index (χ3v) is 2.76. The van der Waals surface area contributed by atoms with Crippen molar-refractivity contribution in [2.75, 3.05) is 7.11 Å². The average Bonchev–Trinajstić information content (AvgIpc) is 2.67. The lowest BCUT2D eigenvalue weighted by atomic mass is 10.0. The van der Waals surface area contributed by atoms with Crippen LogP contribution in [-0.4, -0.2) is 29.1 Å². The molecule has 0 amide bonds. The van der Waals surface area contributed by atoms with Crippen LogP contribution in [0.15, 0.2) is 23.4 Å². The smallest absolute Gasteiger partial charge is 0.311 e. The molecule has 0 saturated heterocycles. The number of rotatable bonds is 2. The highest BCUT2D eigenvalue weighted by molar-refractivity contribution is 6.09. The zero-order chi connectivity index (χ0) is 11.7. The van der Waals surface area contributed by atoms with Crippen molar-refractivity contribution >= 4 is 11.7 Å². The number of carboxylic acid groups (broad SMARTS) is 1. The van der Waals surface area contributed by atoms with Gasteiger partial charge in [0.25, 0.3) is 0 Å².